The van der Waals surface area contributed by atoms with Crippen molar-refractivity contribution in [3.63, 3.8) is 0 Å². The van der Waals surface area contributed by atoms with E-state index in [1.165, 1.54) is 0 Å². The number of rotatable bonds is 5. The van der Waals surface area contributed by atoms with Gasteiger partial charge in [-0.15, -0.1) is 0 Å². The summed E-state index contributed by atoms with van der Waals surface area (Å²) in [6.45, 7) is 1.02. The fraction of sp³-hybridized carbons (Fsp3) is 0.125. The molecular formula is C16H14N2O. The van der Waals surface area contributed by atoms with Crippen molar-refractivity contribution in [3.8, 4) is 6.07 Å². The largest absolute Gasteiger partial charge is 0.373 e. The molecule has 0 radical (unpaired) electrons. The van der Waals surface area contributed by atoms with Gasteiger partial charge >= 0.3 is 0 Å². The smallest absolute Gasteiger partial charge is 0.140 e. The van der Waals surface area contributed by atoms with Gasteiger partial charge in [-0.1, -0.05) is 42.5 Å². The van der Waals surface area contributed by atoms with Gasteiger partial charge in [-0.2, -0.15) is 5.26 Å². The summed E-state index contributed by atoms with van der Waals surface area (Å²) in [5, 5.41) is 8.73. The number of pyridine rings is 1. The third-order valence-electron chi connectivity index (χ3n) is 2.53. The Hall–Kier alpha value is -2.44. The summed E-state index contributed by atoms with van der Waals surface area (Å²) >= 11 is 0. The summed E-state index contributed by atoms with van der Waals surface area (Å²) in [7, 11) is 0. The SMILES string of the molecule is N#Cc1cc(COCC=Cc2ccccc2)ccn1. The molecule has 0 amide bonds. The van der Waals surface area contributed by atoms with E-state index in [0.717, 1.165) is 11.1 Å². The van der Waals surface area contributed by atoms with E-state index in [0.29, 0.717) is 18.9 Å². The Balaban J connectivity index is 1.78. The Morgan fingerprint density at radius 3 is 2.84 bits per heavy atom. The highest BCUT2D eigenvalue weighted by atomic mass is 16.5. The average molecular weight is 250 g/mol. The first-order valence-corrected chi connectivity index (χ1v) is 6.03. The third kappa shape index (κ3) is 4.38. The lowest BCUT2D eigenvalue weighted by atomic mass is 10.2. The van der Waals surface area contributed by atoms with Crippen molar-refractivity contribution in [2.75, 3.05) is 6.61 Å². The zero-order chi connectivity index (χ0) is 13.3. The van der Waals surface area contributed by atoms with Crippen LogP contribution in [-0.2, 0) is 11.3 Å². The summed E-state index contributed by atoms with van der Waals surface area (Å²) in [4.78, 5) is 3.91. The van der Waals surface area contributed by atoms with Gasteiger partial charge in [0.25, 0.3) is 0 Å². The van der Waals surface area contributed by atoms with Crippen LogP contribution in [-0.4, -0.2) is 11.6 Å². The van der Waals surface area contributed by atoms with Crippen molar-refractivity contribution >= 4 is 6.08 Å². The number of hydrogen-bond acceptors (Lipinski definition) is 3. The maximum atomic E-state index is 8.73. The Morgan fingerprint density at radius 1 is 1.21 bits per heavy atom. The fourth-order valence-corrected chi connectivity index (χ4v) is 1.62. The van der Waals surface area contributed by atoms with Crippen LogP contribution in [0.25, 0.3) is 6.08 Å². The van der Waals surface area contributed by atoms with Gasteiger partial charge in [0.15, 0.2) is 0 Å². The number of benzene rings is 1. The summed E-state index contributed by atoms with van der Waals surface area (Å²) in [6, 6.07) is 15.7. The standard InChI is InChI=1S/C16H14N2O/c17-12-16-11-15(8-9-18-16)13-19-10-4-7-14-5-2-1-3-6-14/h1-9,11H,10,13H2. The zero-order valence-corrected chi connectivity index (χ0v) is 10.5. The second-order valence-electron chi connectivity index (χ2n) is 3.99. The van der Waals surface area contributed by atoms with Crippen molar-refractivity contribution in [2.45, 2.75) is 6.61 Å². The molecule has 0 spiro atoms. The molecule has 1 aromatic carbocycles. The van der Waals surface area contributed by atoms with Crippen LogP contribution in [0.1, 0.15) is 16.8 Å². The Morgan fingerprint density at radius 2 is 2.05 bits per heavy atom. The Kier molecular flexibility index (Phi) is 4.86. The van der Waals surface area contributed by atoms with Gasteiger partial charge in [0.05, 0.1) is 13.2 Å². The van der Waals surface area contributed by atoms with Crippen LogP contribution in [0.5, 0.6) is 0 Å². The first kappa shape index (κ1) is 13.0. The predicted octanol–water partition coefficient (Wildman–Crippen LogP) is 3.18. The van der Waals surface area contributed by atoms with Crippen molar-refractivity contribution in [1.29, 1.82) is 5.26 Å². The first-order chi connectivity index (χ1) is 9.38. The molecule has 0 aliphatic carbocycles. The lowest BCUT2D eigenvalue weighted by molar-refractivity contribution is 0.149. The highest BCUT2D eigenvalue weighted by molar-refractivity contribution is 5.48. The van der Waals surface area contributed by atoms with E-state index in [1.54, 1.807) is 12.3 Å². The van der Waals surface area contributed by atoms with Gasteiger partial charge in [-0.25, -0.2) is 4.98 Å². The first-order valence-electron chi connectivity index (χ1n) is 6.03. The molecule has 0 N–H and O–H groups in total. The van der Waals surface area contributed by atoms with E-state index in [9.17, 15) is 0 Å². The minimum Gasteiger partial charge on any atom is -0.373 e. The normalized spacial score (nSPS) is 10.5. The van der Waals surface area contributed by atoms with Gasteiger partial charge in [-0.3, -0.25) is 0 Å². The monoisotopic (exact) mass is 250 g/mol. The molecule has 3 nitrogen and oxygen atoms in total. The summed E-state index contributed by atoms with van der Waals surface area (Å²) < 4.78 is 5.52. The van der Waals surface area contributed by atoms with Crippen LogP contribution in [0.15, 0.2) is 54.7 Å². The van der Waals surface area contributed by atoms with Crippen LogP contribution in [0, 0.1) is 11.3 Å². The quantitative estimate of drug-likeness (QED) is 0.765. The molecule has 0 atom stereocenters. The summed E-state index contributed by atoms with van der Waals surface area (Å²) in [6.07, 6.45) is 5.62. The van der Waals surface area contributed by atoms with Crippen LogP contribution < -0.4 is 0 Å². The van der Waals surface area contributed by atoms with Gasteiger partial charge in [0.2, 0.25) is 0 Å². The average Bonchev–Trinajstić information content (AvgIpc) is 2.48. The Bertz CT molecular complexity index is 585. The highest BCUT2D eigenvalue weighted by Crippen LogP contribution is 2.04. The van der Waals surface area contributed by atoms with E-state index in [2.05, 4.69) is 4.98 Å². The lowest BCUT2D eigenvalue weighted by Gasteiger charge is -2.01. The van der Waals surface area contributed by atoms with Gasteiger partial charge < -0.3 is 4.74 Å². The zero-order valence-electron chi connectivity index (χ0n) is 10.5. The van der Waals surface area contributed by atoms with Crippen LogP contribution in [0.4, 0.5) is 0 Å². The maximum absolute atomic E-state index is 8.73. The fourth-order valence-electron chi connectivity index (χ4n) is 1.62. The van der Waals surface area contributed by atoms with Gasteiger partial charge in [0, 0.05) is 6.20 Å². The molecule has 0 aliphatic rings. The molecule has 2 rings (SSSR count). The number of hydrogen-bond donors (Lipinski definition) is 0. The van der Waals surface area contributed by atoms with Gasteiger partial charge in [-0.05, 0) is 23.3 Å². The van der Waals surface area contributed by atoms with E-state index < -0.39 is 0 Å². The van der Waals surface area contributed by atoms with Crippen molar-refractivity contribution < 1.29 is 4.74 Å². The molecule has 1 heterocycles. The molecule has 0 aliphatic heterocycles. The molecule has 94 valence electrons. The van der Waals surface area contributed by atoms with Crippen molar-refractivity contribution in [3.05, 3.63) is 71.6 Å². The number of nitrogens with zero attached hydrogens (tertiary/aromatic N) is 2. The number of nitriles is 1. The van der Waals surface area contributed by atoms with Crippen molar-refractivity contribution in [2.24, 2.45) is 0 Å². The molecule has 0 fully saturated rings. The topological polar surface area (TPSA) is 45.9 Å². The molecule has 1 aromatic heterocycles. The minimum atomic E-state index is 0.418. The van der Waals surface area contributed by atoms with Crippen LogP contribution in [0.2, 0.25) is 0 Å². The minimum absolute atomic E-state index is 0.418. The molecule has 0 unspecified atom stereocenters. The van der Waals surface area contributed by atoms with E-state index >= 15 is 0 Å². The maximum Gasteiger partial charge on any atom is 0.140 e. The number of ether oxygens (including phenoxy) is 1. The number of aromatic nitrogens is 1. The molecular weight excluding hydrogens is 236 g/mol. The molecule has 3 heteroatoms. The lowest BCUT2D eigenvalue weighted by Crippen LogP contribution is -1.94. The molecule has 0 saturated heterocycles. The van der Waals surface area contributed by atoms with E-state index in [-0.39, 0.29) is 0 Å². The summed E-state index contributed by atoms with van der Waals surface area (Å²) in [5.41, 5.74) is 2.53. The van der Waals surface area contributed by atoms with Gasteiger partial charge in [0.1, 0.15) is 11.8 Å². The Labute approximate surface area is 112 Å². The summed E-state index contributed by atoms with van der Waals surface area (Å²) in [5.74, 6) is 0. The molecule has 19 heavy (non-hydrogen) atoms. The highest BCUT2D eigenvalue weighted by Gasteiger charge is 1.95. The van der Waals surface area contributed by atoms with Crippen LogP contribution >= 0.6 is 0 Å². The van der Waals surface area contributed by atoms with E-state index in [1.807, 2.05) is 54.6 Å². The molecule has 2 aromatic rings. The predicted molar refractivity (Wildman–Crippen MR) is 74.1 cm³/mol. The second-order valence-corrected chi connectivity index (χ2v) is 3.99. The second kappa shape index (κ2) is 7.10. The molecule has 0 saturated carbocycles. The van der Waals surface area contributed by atoms with E-state index in [4.69, 9.17) is 10.00 Å². The van der Waals surface area contributed by atoms with Crippen LogP contribution in [0.3, 0.4) is 0 Å². The molecule has 0 bridgehead atoms. The third-order valence-corrected chi connectivity index (χ3v) is 2.53. The van der Waals surface area contributed by atoms with Crippen molar-refractivity contribution in [1.82, 2.24) is 4.98 Å².